The fraction of sp³-hybridized carbons (Fsp3) is 0.211. The summed E-state index contributed by atoms with van der Waals surface area (Å²) in [4.78, 5) is 10.6. The van der Waals surface area contributed by atoms with Crippen molar-refractivity contribution in [2.24, 2.45) is 0 Å². The summed E-state index contributed by atoms with van der Waals surface area (Å²) < 4.78 is 40.8. The van der Waals surface area contributed by atoms with Crippen LogP contribution in [-0.2, 0) is 12.6 Å². The number of hydrogen-bond donors (Lipinski definition) is 1. The van der Waals surface area contributed by atoms with E-state index < -0.39 is 16.7 Å². The van der Waals surface area contributed by atoms with Crippen LogP contribution in [0.15, 0.2) is 42.5 Å². The van der Waals surface area contributed by atoms with Gasteiger partial charge < -0.3 is 5.32 Å². The first-order chi connectivity index (χ1) is 13.3. The number of nitrogens with zero attached hydrogens (tertiary/aromatic N) is 3. The molecule has 0 saturated carbocycles. The minimum Gasteiger partial charge on any atom is -0.369 e. The third kappa shape index (κ3) is 2.98. The Morgan fingerprint density at radius 3 is 2.71 bits per heavy atom. The number of fused-ring (bicyclic) bond motifs is 1. The Bertz CT molecular complexity index is 1090. The van der Waals surface area contributed by atoms with Crippen LogP contribution in [0.1, 0.15) is 16.7 Å². The minimum absolute atomic E-state index is 0.0801. The molecular weight excluding hydrogens is 373 g/mol. The fourth-order valence-electron chi connectivity index (χ4n) is 3.36. The lowest BCUT2D eigenvalue weighted by molar-refractivity contribution is -0.384. The highest BCUT2D eigenvalue weighted by Crippen LogP contribution is 2.38. The second-order valence-electron chi connectivity index (χ2n) is 6.57. The van der Waals surface area contributed by atoms with E-state index in [1.807, 2.05) is 0 Å². The van der Waals surface area contributed by atoms with Gasteiger partial charge in [-0.1, -0.05) is 18.2 Å². The number of hydrogen-bond acceptors (Lipinski definition) is 4. The Labute approximate surface area is 157 Å². The van der Waals surface area contributed by atoms with Crippen LogP contribution in [0.2, 0.25) is 0 Å². The first-order valence-corrected chi connectivity index (χ1v) is 8.54. The number of alkyl halides is 3. The number of aryl methyl sites for hydroxylation is 1. The molecule has 0 unspecified atom stereocenters. The van der Waals surface area contributed by atoms with Crippen LogP contribution in [0, 0.1) is 17.0 Å². The fourth-order valence-corrected chi connectivity index (χ4v) is 3.36. The Morgan fingerprint density at radius 1 is 1.21 bits per heavy atom. The number of nitro groups is 1. The standard InChI is InChI=1S/C19H15F3N4O2/c1-11-5-6-14(26(27)28)10-16(11)25-18-15(7-8-23-18)17(24-25)12-3-2-4-13(9-12)19(20,21)22/h2-6,9-10,23H,7-8H2,1H3. The lowest BCUT2D eigenvalue weighted by Crippen LogP contribution is -2.07. The normalized spacial score (nSPS) is 13.3. The highest BCUT2D eigenvalue weighted by Gasteiger charge is 2.32. The van der Waals surface area contributed by atoms with E-state index in [1.165, 1.54) is 18.2 Å². The molecule has 1 aliphatic heterocycles. The van der Waals surface area contributed by atoms with E-state index in [0.717, 1.165) is 23.3 Å². The second kappa shape index (κ2) is 6.36. The Morgan fingerprint density at radius 2 is 2.00 bits per heavy atom. The van der Waals surface area contributed by atoms with Gasteiger partial charge in [-0.3, -0.25) is 10.1 Å². The summed E-state index contributed by atoms with van der Waals surface area (Å²) in [6.45, 7) is 2.42. The second-order valence-corrected chi connectivity index (χ2v) is 6.57. The maximum Gasteiger partial charge on any atom is 0.416 e. The van der Waals surface area contributed by atoms with E-state index in [9.17, 15) is 23.3 Å². The maximum atomic E-state index is 13.1. The van der Waals surface area contributed by atoms with Crippen molar-refractivity contribution in [2.45, 2.75) is 19.5 Å². The van der Waals surface area contributed by atoms with Gasteiger partial charge in [0.2, 0.25) is 0 Å². The lowest BCUT2D eigenvalue weighted by atomic mass is 10.0. The lowest BCUT2D eigenvalue weighted by Gasteiger charge is -2.10. The van der Waals surface area contributed by atoms with Gasteiger partial charge in [-0.2, -0.15) is 18.3 Å². The molecule has 0 amide bonds. The van der Waals surface area contributed by atoms with Crippen molar-refractivity contribution in [3.63, 3.8) is 0 Å². The van der Waals surface area contributed by atoms with E-state index in [0.29, 0.717) is 35.7 Å². The number of non-ortho nitro benzene ring substituents is 1. The molecular formula is C19H15F3N4O2. The molecule has 0 radical (unpaired) electrons. The highest BCUT2D eigenvalue weighted by molar-refractivity contribution is 5.73. The summed E-state index contributed by atoms with van der Waals surface area (Å²) in [5.74, 6) is 0.649. The summed E-state index contributed by atoms with van der Waals surface area (Å²) in [6, 6.07) is 9.48. The van der Waals surface area contributed by atoms with Gasteiger partial charge in [0.25, 0.3) is 5.69 Å². The molecule has 144 valence electrons. The van der Waals surface area contributed by atoms with Crippen molar-refractivity contribution in [1.82, 2.24) is 9.78 Å². The summed E-state index contributed by atoms with van der Waals surface area (Å²) in [6.07, 6.45) is -3.84. The summed E-state index contributed by atoms with van der Waals surface area (Å²) in [5, 5.41) is 18.8. The molecule has 1 aromatic heterocycles. The number of rotatable bonds is 3. The molecule has 1 aliphatic rings. The Balaban J connectivity index is 1.89. The Hall–Kier alpha value is -3.36. The molecule has 1 N–H and O–H groups in total. The number of anilines is 1. The summed E-state index contributed by atoms with van der Waals surface area (Å²) >= 11 is 0. The molecule has 2 aromatic carbocycles. The summed E-state index contributed by atoms with van der Waals surface area (Å²) in [5.41, 5.74) is 2.05. The van der Waals surface area contributed by atoms with E-state index in [-0.39, 0.29) is 5.69 Å². The van der Waals surface area contributed by atoms with Gasteiger partial charge in [-0.05, 0) is 31.0 Å². The van der Waals surface area contributed by atoms with Gasteiger partial charge >= 0.3 is 6.18 Å². The van der Waals surface area contributed by atoms with Crippen LogP contribution in [0.3, 0.4) is 0 Å². The van der Waals surface area contributed by atoms with Crippen molar-refractivity contribution < 1.29 is 18.1 Å². The first kappa shape index (κ1) is 18.0. The minimum atomic E-state index is -4.45. The molecule has 0 saturated heterocycles. The third-order valence-corrected chi connectivity index (χ3v) is 4.75. The molecule has 9 heteroatoms. The van der Waals surface area contributed by atoms with Crippen molar-refractivity contribution in [3.05, 3.63) is 69.3 Å². The molecule has 6 nitrogen and oxygen atoms in total. The SMILES string of the molecule is Cc1ccc([N+](=O)[O-])cc1-n1nc(-c2cccc(C(F)(F)F)c2)c2c1NCC2. The van der Waals surface area contributed by atoms with Gasteiger partial charge in [0.05, 0.1) is 21.9 Å². The van der Waals surface area contributed by atoms with Crippen LogP contribution in [0.4, 0.5) is 24.7 Å². The molecule has 0 fully saturated rings. The number of halogens is 3. The smallest absolute Gasteiger partial charge is 0.369 e. The Kier molecular flexibility index (Phi) is 4.10. The topological polar surface area (TPSA) is 73.0 Å². The molecule has 0 bridgehead atoms. The number of benzene rings is 2. The average molecular weight is 388 g/mol. The molecule has 0 spiro atoms. The van der Waals surface area contributed by atoms with Gasteiger partial charge in [0.1, 0.15) is 5.82 Å². The zero-order chi connectivity index (χ0) is 20.1. The highest BCUT2D eigenvalue weighted by atomic mass is 19.4. The first-order valence-electron chi connectivity index (χ1n) is 8.54. The van der Waals surface area contributed by atoms with Crippen molar-refractivity contribution >= 4 is 11.5 Å². The average Bonchev–Trinajstić information content (AvgIpc) is 3.24. The molecule has 0 atom stereocenters. The largest absolute Gasteiger partial charge is 0.416 e. The van der Waals surface area contributed by atoms with Crippen LogP contribution >= 0.6 is 0 Å². The predicted octanol–water partition coefficient (Wildman–Crippen LogP) is 4.74. The van der Waals surface area contributed by atoms with Crippen molar-refractivity contribution in [1.29, 1.82) is 0 Å². The maximum absolute atomic E-state index is 13.1. The van der Waals surface area contributed by atoms with E-state index in [1.54, 1.807) is 23.7 Å². The van der Waals surface area contributed by atoms with Crippen LogP contribution < -0.4 is 5.32 Å². The third-order valence-electron chi connectivity index (χ3n) is 4.75. The molecule has 28 heavy (non-hydrogen) atoms. The van der Waals surface area contributed by atoms with Gasteiger partial charge in [0.15, 0.2) is 0 Å². The van der Waals surface area contributed by atoms with Crippen LogP contribution in [0.5, 0.6) is 0 Å². The quantitative estimate of drug-likeness (QED) is 0.519. The van der Waals surface area contributed by atoms with Crippen LogP contribution in [0.25, 0.3) is 16.9 Å². The molecule has 3 aromatic rings. The van der Waals surface area contributed by atoms with Crippen LogP contribution in [-0.4, -0.2) is 21.2 Å². The monoisotopic (exact) mass is 388 g/mol. The molecule has 2 heterocycles. The zero-order valence-electron chi connectivity index (χ0n) is 14.7. The number of aromatic nitrogens is 2. The summed E-state index contributed by atoms with van der Waals surface area (Å²) in [7, 11) is 0. The van der Waals surface area contributed by atoms with E-state index >= 15 is 0 Å². The number of nitrogens with one attached hydrogen (secondary N) is 1. The zero-order valence-corrected chi connectivity index (χ0v) is 14.7. The number of nitro benzene ring substituents is 1. The van der Waals surface area contributed by atoms with E-state index in [2.05, 4.69) is 10.4 Å². The van der Waals surface area contributed by atoms with Crippen molar-refractivity contribution in [2.75, 3.05) is 11.9 Å². The van der Waals surface area contributed by atoms with Gasteiger partial charge in [-0.15, -0.1) is 0 Å². The van der Waals surface area contributed by atoms with Crippen molar-refractivity contribution in [3.8, 4) is 16.9 Å². The van der Waals surface area contributed by atoms with Gasteiger partial charge in [0, 0.05) is 29.8 Å². The predicted molar refractivity (Wildman–Crippen MR) is 97.6 cm³/mol. The molecule has 0 aliphatic carbocycles. The van der Waals surface area contributed by atoms with Gasteiger partial charge in [-0.25, -0.2) is 4.68 Å². The molecule has 4 rings (SSSR count). The van der Waals surface area contributed by atoms with E-state index in [4.69, 9.17) is 0 Å².